The van der Waals surface area contributed by atoms with Gasteiger partial charge < -0.3 is 18.9 Å². The van der Waals surface area contributed by atoms with E-state index in [1.165, 1.54) is 0 Å². The van der Waals surface area contributed by atoms with Gasteiger partial charge in [0.2, 0.25) is 0 Å². The third kappa shape index (κ3) is 9.53. The third-order valence-corrected chi connectivity index (χ3v) is 2.54. The van der Waals surface area contributed by atoms with Crippen molar-refractivity contribution in [2.75, 3.05) is 26.9 Å². The second-order valence-corrected chi connectivity index (χ2v) is 4.81. The van der Waals surface area contributed by atoms with Crippen LogP contribution in [0.2, 0.25) is 0 Å². The van der Waals surface area contributed by atoms with E-state index >= 15 is 0 Å². The van der Waals surface area contributed by atoms with Gasteiger partial charge in [-0.2, -0.15) is 0 Å². The van der Waals surface area contributed by atoms with Gasteiger partial charge in [0.15, 0.2) is 6.29 Å². The second-order valence-electron chi connectivity index (χ2n) is 4.81. The van der Waals surface area contributed by atoms with E-state index in [9.17, 15) is 0 Å². The van der Waals surface area contributed by atoms with Crippen LogP contribution in [0.5, 0.6) is 0 Å². The molecule has 0 rings (SSSR count). The lowest BCUT2D eigenvalue weighted by Gasteiger charge is -2.29. The van der Waals surface area contributed by atoms with E-state index in [0.717, 1.165) is 6.42 Å². The molecule has 0 fully saturated rings. The van der Waals surface area contributed by atoms with Gasteiger partial charge in [0.1, 0.15) is 0 Å². The molecule has 0 radical (unpaired) electrons. The molecule has 0 bridgehead atoms. The van der Waals surface area contributed by atoms with Crippen molar-refractivity contribution in [3.8, 4) is 0 Å². The zero-order valence-corrected chi connectivity index (χ0v) is 12.1. The molecule has 0 saturated carbocycles. The largest absolute Gasteiger partial charge is 0.382 e. The highest BCUT2D eigenvalue weighted by atomic mass is 16.7. The summed E-state index contributed by atoms with van der Waals surface area (Å²) in [6.07, 6.45) is 0.764. The quantitative estimate of drug-likeness (QED) is 0.440. The van der Waals surface area contributed by atoms with Gasteiger partial charge in [0.05, 0.1) is 31.5 Å². The van der Waals surface area contributed by atoms with Crippen LogP contribution in [-0.2, 0) is 18.9 Å². The summed E-state index contributed by atoms with van der Waals surface area (Å²) < 4.78 is 21.7. The molecule has 0 saturated heterocycles. The summed E-state index contributed by atoms with van der Waals surface area (Å²) in [4.78, 5) is 0. The molecular weight excluding hydrogens is 220 g/mol. The Morgan fingerprint density at radius 3 is 2.29 bits per heavy atom. The van der Waals surface area contributed by atoms with Gasteiger partial charge in [-0.05, 0) is 34.1 Å². The molecule has 104 valence electrons. The van der Waals surface area contributed by atoms with Crippen LogP contribution in [0, 0.1) is 0 Å². The zero-order valence-electron chi connectivity index (χ0n) is 12.1. The summed E-state index contributed by atoms with van der Waals surface area (Å²) in [6, 6.07) is 0. The van der Waals surface area contributed by atoms with Gasteiger partial charge in [0, 0.05) is 7.11 Å². The summed E-state index contributed by atoms with van der Waals surface area (Å²) in [5.74, 6) is 0. The van der Waals surface area contributed by atoms with E-state index in [-0.39, 0.29) is 18.0 Å². The van der Waals surface area contributed by atoms with E-state index in [0.29, 0.717) is 19.8 Å². The Morgan fingerprint density at radius 2 is 1.76 bits per heavy atom. The molecule has 0 aliphatic carbocycles. The molecule has 0 heterocycles. The number of hydrogen-bond acceptors (Lipinski definition) is 4. The average Bonchev–Trinajstić information content (AvgIpc) is 2.23. The summed E-state index contributed by atoms with van der Waals surface area (Å²) in [6.45, 7) is 11.9. The first-order chi connectivity index (χ1) is 7.91. The Hall–Kier alpha value is -0.160. The minimum atomic E-state index is -0.217. The molecule has 0 amide bonds. The molecule has 0 aromatic heterocycles. The van der Waals surface area contributed by atoms with Crippen molar-refractivity contribution in [1.82, 2.24) is 0 Å². The predicted octanol–water partition coefficient (Wildman–Crippen LogP) is 2.61. The lowest BCUT2D eigenvalue weighted by atomic mass is 10.1. The molecule has 2 atom stereocenters. The normalized spacial score (nSPS) is 15.9. The van der Waals surface area contributed by atoms with Crippen molar-refractivity contribution in [2.45, 2.75) is 59.0 Å². The minimum Gasteiger partial charge on any atom is -0.382 e. The van der Waals surface area contributed by atoms with E-state index in [1.807, 2.05) is 13.8 Å². The number of rotatable bonds is 10. The maximum atomic E-state index is 5.78. The van der Waals surface area contributed by atoms with Crippen molar-refractivity contribution in [1.29, 1.82) is 0 Å². The van der Waals surface area contributed by atoms with Gasteiger partial charge in [0.25, 0.3) is 0 Å². The van der Waals surface area contributed by atoms with Crippen LogP contribution in [-0.4, -0.2) is 44.9 Å². The first-order valence-corrected chi connectivity index (χ1v) is 6.31. The summed E-state index contributed by atoms with van der Waals surface area (Å²) >= 11 is 0. The van der Waals surface area contributed by atoms with Gasteiger partial charge >= 0.3 is 0 Å². The molecule has 4 nitrogen and oxygen atoms in total. The minimum absolute atomic E-state index is 0.0227. The molecule has 17 heavy (non-hydrogen) atoms. The third-order valence-electron chi connectivity index (χ3n) is 2.54. The van der Waals surface area contributed by atoms with Crippen LogP contribution >= 0.6 is 0 Å². The zero-order chi connectivity index (χ0) is 13.3. The van der Waals surface area contributed by atoms with Crippen LogP contribution in [0.4, 0.5) is 0 Å². The lowest BCUT2D eigenvalue weighted by Crippen LogP contribution is -2.33. The summed E-state index contributed by atoms with van der Waals surface area (Å²) in [5, 5.41) is 0. The van der Waals surface area contributed by atoms with Crippen LogP contribution in [0.15, 0.2) is 0 Å². The topological polar surface area (TPSA) is 36.9 Å². The van der Waals surface area contributed by atoms with Gasteiger partial charge in [-0.1, -0.05) is 6.92 Å². The fourth-order valence-corrected chi connectivity index (χ4v) is 1.32. The molecular formula is C13H28O4. The number of ether oxygens (including phenoxy) is 4. The summed E-state index contributed by atoms with van der Waals surface area (Å²) in [5.41, 5.74) is -0.143. The maximum absolute atomic E-state index is 5.78. The molecule has 0 aliphatic heterocycles. The first-order valence-electron chi connectivity index (χ1n) is 6.31. The second kappa shape index (κ2) is 8.86. The fraction of sp³-hybridized carbons (Fsp3) is 1.00. The first kappa shape index (κ1) is 16.8. The van der Waals surface area contributed by atoms with Gasteiger partial charge in [-0.25, -0.2) is 0 Å². The van der Waals surface area contributed by atoms with Gasteiger partial charge in [-0.3, -0.25) is 0 Å². The van der Waals surface area contributed by atoms with Crippen LogP contribution in [0.3, 0.4) is 0 Å². The molecule has 0 aliphatic rings. The highest BCUT2D eigenvalue weighted by Crippen LogP contribution is 2.17. The molecule has 4 heteroatoms. The van der Waals surface area contributed by atoms with E-state index < -0.39 is 0 Å². The fourth-order valence-electron chi connectivity index (χ4n) is 1.32. The molecule has 0 N–H and O–H groups in total. The molecule has 0 aromatic rings. The highest BCUT2D eigenvalue weighted by Gasteiger charge is 2.20. The summed E-state index contributed by atoms with van der Waals surface area (Å²) in [7, 11) is 1.66. The molecule has 0 aromatic carbocycles. The SMILES string of the molecule is CCC(C)(C)OC(C)OC(C)COCCOC. The van der Waals surface area contributed by atoms with Crippen molar-refractivity contribution in [3.05, 3.63) is 0 Å². The van der Waals surface area contributed by atoms with Gasteiger partial charge in [-0.15, -0.1) is 0 Å². The Labute approximate surface area is 106 Å². The number of hydrogen-bond donors (Lipinski definition) is 0. The molecule has 2 unspecified atom stereocenters. The van der Waals surface area contributed by atoms with E-state index in [4.69, 9.17) is 18.9 Å². The standard InChI is InChI=1S/C13H28O4/c1-7-13(4,5)17-12(3)16-11(2)10-15-9-8-14-6/h11-12H,7-10H2,1-6H3. The smallest absolute Gasteiger partial charge is 0.155 e. The Bertz CT molecular complexity index is 182. The van der Waals surface area contributed by atoms with Crippen LogP contribution < -0.4 is 0 Å². The highest BCUT2D eigenvalue weighted by molar-refractivity contribution is 4.65. The van der Waals surface area contributed by atoms with Crippen LogP contribution in [0.1, 0.15) is 41.0 Å². The monoisotopic (exact) mass is 248 g/mol. The van der Waals surface area contributed by atoms with E-state index in [1.54, 1.807) is 7.11 Å². The van der Waals surface area contributed by atoms with Crippen molar-refractivity contribution >= 4 is 0 Å². The molecule has 0 spiro atoms. The Balaban J connectivity index is 3.68. The van der Waals surface area contributed by atoms with Crippen molar-refractivity contribution in [2.24, 2.45) is 0 Å². The van der Waals surface area contributed by atoms with Crippen molar-refractivity contribution in [3.63, 3.8) is 0 Å². The van der Waals surface area contributed by atoms with Crippen LogP contribution in [0.25, 0.3) is 0 Å². The Morgan fingerprint density at radius 1 is 1.12 bits per heavy atom. The average molecular weight is 248 g/mol. The number of methoxy groups -OCH3 is 1. The van der Waals surface area contributed by atoms with Crippen molar-refractivity contribution < 1.29 is 18.9 Å². The van der Waals surface area contributed by atoms with E-state index in [2.05, 4.69) is 20.8 Å². The lowest BCUT2D eigenvalue weighted by molar-refractivity contribution is -0.215. The predicted molar refractivity (Wildman–Crippen MR) is 68.2 cm³/mol. The Kier molecular flexibility index (Phi) is 8.78. The maximum Gasteiger partial charge on any atom is 0.155 e.